The Labute approximate surface area is 118 Å². The van der Waals surface area contributed by atoms with Gasteiger partial charge in [-0.3, -0.25) is 4.79 Å². The van der Waals surface area contributed by atoms with Crippen molar-refractivity contribution in [2.45, 2.75) is 19.4 Å². The number of rotatable bonds is 6. The van der Waals surface area contributed by atoms with Crippen molar-refractivity contribution < 1.29 is 22.8 Å². The molecule has 1 atom stereocenters. The van der Waals surface area contributed by atoms with Gasteiger partial charge in [-0.15, -0.1) is 0 Å². The van der Waals surface area contributed by atoms with Crippen molar-refractivity contribution >= 4 is 5.91 Å². The summed E-state index contributed by atoms with van der Waals surface area (Å²) in [7, 11) is 0. The first-order valence-corrected chi connectivity index (χ1v) is 6.01. The van der Waals surface area contributed by atoms with Gasteiger partial charge in [0.1, 0.15) is 5.69 Å². The number of carbonyl (C=O) groups excluding carboxylic acids is 1. The predicted octanol–water partition coefficient (Wildman–Crippen LogP) is 1.60. The number of ether oxygens (including phenoxy) is 1. The van der Waals surface area contributed by atoms with Gasteiger partial charge in [0.05, 0.1) is 6.04 Å². The number of hydrogen-bond acceptors (Lipinski definition) is 6. The molecule has 0 aromatic carbocycles. The summed E-state index contributed by atoms with van der Waals surface area (Å²) < 4.78 is 33.4. The van der Waals surface area contributed by atoms with Crippen LogP contribution < -0.4 is 10.1 Å². The van der Waals surface area contributed by atoms with Gasteiger partial charge in [0.15, 0.2) is 12.4 Å². The van der Waals surface area contributed by atoms with Crippen LogP contribution in [0.25, 0.3) is 0 Å². The third-order valence-electron chi connectivity index (χ3n) is 2.43. The molecule has 1 amide bonds. The van der Waals surface area contributed by atoms with E-state index in [2.05, 4.69) is 25.0 Å². The van der Waals surface area contributed by atoms with Crippen molar-refractivity contribution in [3.8, 4) is 5.88 Å². The molecule has 2 rings (SSSR count). The van der Waals surface area contributed by atoms with E-state index in [9.17, 15) is 13.6 Å². The molecular formula is C12H12F2N4O3. The average Bonchev–Trinajstić information content (AvgIpc) is 2.99. The first-order valence-electron chi connectivity index (χ1n) is 6.01. The summed E-state index contributed by atoms with van der Waals surface area (Å²) in [6.07, 6.45) is -1.46. The van der Waals surface area contributed by atoms with Crippen molar-refractivity contribution in [1.29, 1.82) is 0 Å². The minimum atomic E-state index is -2.61. The molecule has 0 unspecified atom stereocenters. The van der Waals surface area contributed by atoms with Crippen LogP contribution in [0.1, 0.15) is 29.3 Å². The standard InChI is InChI=1S/C12H12F2N4O3/c1-7(11-15-6-21-18-11)16-12(19)8-3-2-4-10(17-8)20-5-9(13)14/h2-4,6-7,9H,5H2,1H3,(H,16,19)/t7-/m1/s1. The Morgan fingerprint density at radius 1 is 1.48 bits per heavy atom. The molecule has 21 heavy (non-hydrogen) atoms. The summed E-state index contributed by atoms with van der Waals surface area (Å²) in [5.74, 6) is -0.238. The van der Waals surface area contributed by atoms with E-state index in [1.807, 2.05) is 0 Å². The molecule has 0 fully saturated rings. The molecule has 0 bridgehead atoms. The van der Waals surface area contributed by atoms with E-state index >= 15 is 0 Å². The highest BCUT2D eigenvalue weighted by atomic mass is 19.3. The number of carbonyl (C=O) groups is 1. The van der Waals surface area contributed by atoms with Gasteiger partial charge in [-0.1, -0.05) is 11.2 Å². The Morgan fingerprint density at radius 2 is 2.29 bits per heavy atom. The molecule has 2 aromatic rings. The highest BCUT2D eigenvalue weighted by Crippen LogP contribution is 2.11. The highest BCUT2D eigenvalue weighted by molar-refractivity contribution is 5.92. The van der Waals surface area contributed by atoms with Crippen molar-refractivity contribution in [1.82, 2.24) is 20.4 Å². The average molecular weight is 298 g/mol. The molecule has 0 spiro atoms. The minimum Gasteiger partial charge on any atom is -0.472 e. The maximum absolute atomic E-state index is 12.1. The molecule has 9 heteroatoms. The maximum Gasteiger partial charge on any atom is 0.272 e. The van der Waals surface area contributed by atoms with Crippen LogP contribution in [0, 0.1) is 0 Å². The Hall–Kier alpha value is -2.58. The third-order valence-corrected chi connectivity index (χ3v) is 2.43. The first-order chi connectivity index (χ1) is 10.1. The van der Waals surface area contributed by atoms with E-state index in [0.29, 0.717) is 5.82 Å². The van der Waals surface area contributed by atoms with Gasteiger partial charge in [0.2, 0.25) is 12.3 Å². The second-order valence-electron chi connectivity index (χ2n) is 4.05. The van der Waals surface area contributed by atoms with Crippen LogP contribution in [-0.2, 0) is 0 Å². The number of nitrogens with zero attached hydrogens (tertiary/aromatic N) is 3. The molecule has 0 aliphatic heterocycles. The van der Waals surface area contributed by atoms with Gasteiger partial charge < -0.3 is 14.6 Å². The molecule has 0 saturated carbocycles. The molecule has 0 saturated heterocycles. The van der Waals surface area contributed by atoms with Gasteiger partial charge in [0, 0.05) is 6.07 Å². The smallest absolute Gasteiger partial charge is 0.272 e. The monoisotopic (exact) mass is 298 g/mol. The zero-order valence-electron chi connectivity index (χ0n) is 11.0. The van der Waals surface area contributed by atoms with Gasteiger partial charge in [-0.05, 0) is 13.0 Å². The lowest BCUT2D eigenvalue weighted by Gasteiger charge is -2.10. The van der Waals surface area contributed by atoms with Crippen LogP contribution in [0.4, 0.5) is 8.78 Å². The Morgan fingerprint density at radius 3 is 2.95 bits per heavy atom. The minimum absolute atomic E-state index is 0.0390. The summed E-state index contributed by atoms with van der Waals surface area (Å²) in [6, 6.07) is 3.83. The quantitative estimate of drug-likeness (QED) is 0.871. The van der Waals surface area contributed by atoms with Gasteiger partial charge in [-0.2, -0.15) is 4.98 Å². The predicted molar refractivity (Wildman–Crippen MR) is 65.9 cm³/mol. The van der Waals surface area contributed by atoms with Gasteiger partial charge in [0.25, 0.3) is 12.3 Å². The number of amides is 1. The van der Waals surface area contributed by atoms with E-state index in [1.165, 1.54) is 18.2 Å². The molecule has 1 N–H and O–H groups in total. The third kappa shape index (κ3) is 4.20. The fourth-order valence-corrected chi connectivity index (χ4v) is 1.47. The lowest BCUT2D eigenvalue weighted by Crippen LogP contribution is -2.28. The normalized spacial score (nSPS) is 12.2. The SMILES string of the molecule is C[C@@H](NC(=O)c1cccc(OCC(F)F)n1)c1ncon1. The maximum atomic E-state index is 12.1. The number of pyridine rings is 1. The Bertz CT molecular complexity index is 592. The number of alkyl halides is 2. The lowest BCUT2D eigenvalue weighted by atomic mass is 10.3. The number of hydrogen-bond donors (Lipinski definition) is 1. The molecule has 7 nitrogen and oxygen atoms in total. The zero-order valence-corrected chi connectivity index (χ0v) is 11.0. The molecular weight excluding hydrogens is 286 g/mol. The van der Waals surface area contributed by atoms with Crippen LogP contribution >= 0.6 is 0 Å². The topological polar surface area (TPSA) is 90.1 Å². The molecule has 2 heterocycles. The summed E-state index contributed by atoms with van der Waals surface area (Å²) >= 11 is 0. The molecule has 0 radical (unpaired) electrons. The number of aromatic nitrogens is 3. The zero-order chi connectivity index (χ0) is 15.2. The Balaban J connectivity index is 2.00. The summed E-state index contributed by atoms with van der Waals surface area (Å²) in [5, 5.41) is 6.20. The molecule has 2 aromatic heterocycles. The fraction of sp³-hybridized carbons (Fsp3) is 0.333. The van der Waals surface area contributed by atoms with E-state index in [-0.39, 0.29) is 11.6 Å². The van der Waals surface area contributed by atoms with E-state index in [4.69, 9.17) is 4.74 Å². The van der Waals surface area contributed by atoms with Crippen molar-refractivity contribution in [3.63, 3.8) is 0 Å². The van der Waals surface area contributed by atoms with Crippen LogP contribution in [0.2, 0.25) is 0 Å². The largest absolute Gasteiger partial charge is 0.472 e. The first kappa shape index (κ1) is 14.8. The molecule has 112 valence electrons. The lowest BCUT2D eigenvalue weighted by molar-refractivity contribution is 0.0792. The molecule has 0 aliphatic rings. The number of halogens is 2. The second kappa shape index (κ2) is 6.73. The van der Waals surface area contributed by atoms with Crippen molar-refractivity contribution in [3.05, 3.63) is 36.1 Å². The Kier molecular flexibility index (Phi) is 4.75. The second-order valence-corrected chi connectivity index (χ2v) is 4.05. The van der Waals surface area contributed by atoms with E-state index < -0.39 is 25.0 Å². The van der Waals surface area contributed by atoms with E-state index in [1.54, 1.807) is 6.92 Å². The van der Waals surface area contributed by atoms with Crippen LogP contribution in [0.15, 0.2) is 29.1 Å². The summed E-state index contributed by atoms with van der Waals surface area (Å²) in [5.41, 5.74) is 0.0390. The highest BCUT2D eigenvalue weighted by Gasteiger charge is 2.16. The van der Waals surface area contributed by atoms with Crippen LogP contribution in [0.5, 0.6) is 5.88 Å². The molecule has 0 aliphatic carbocycles. The van der Waals surface area contributed by atoms with E-state index in [0.717, 1.165) is 6.39 Å². The van der Waals surface area contributed by atoms with Crippen molar-refractivity contribution in [2.75, 3.05) is 6.61 Å². The van der Waals surface area contributed by atoms with Gasteiger partial charge in [-0.25, -0.2) is 13.8 Å². The van der Waals surface area contributed by atoms with Crippen LogP contribution in [-0.4, -0.2) is 34.1 Å². The fourth-order valence-electron chi connectivity index (χ4n) is 1.47. The number of nitrogens with one attached hydrogen (secondary N) is 1. The van der Waals surface area contributed by atoms with Crippen molar-refractivity contribution in [2.24, 2.45) is 0 Å². The van der Waals surface area contributed by atoms with Crippen LogP contribution in [0.3, 0.4) is 0 Å². The summed E-state index contributed by atoms with van der Waals surface area (Å²) in [4.78, 5) is 19.6. The van der Waals surface area contributed by atoms with Gasteiger partial charge >= 0.3 is 0 Å². The summed E-state index contributed by atoms with van der Waals surface area (Å²) in [6.45, 7) is 0.886.